The molecule has 0 aliphatic rings. The number of hydrogen-bond donors (Lipinski definition) is 1. The molecule has 2 rings (SSSR count). The van der Waals surface area contributed by atoms with Gasteiger partial charge in [-0.3, -0.25) is 0 Å². The molecular weight excluding hydrogens is 283 g/mol. The van der Waals surface area contributed by atoms with Gasteiger partial charge in [0.1, 0.15) is 18.1 Å². The highest BCUT2D eigenvalue weighted by atomic mass is 19.4. The third-order valence-corrected chi connectivity index (χ3v) is 3.12. The summed E-state index contributed by atoms with van der Waals surface area (Å²) in [5, 5.41) is 2.87. The van der Waals surface area contributed by atoms with Gasteiger partial charge in [0.05, 0.1) is 11.6 Å². The van der Waals surface area contributed by atoms with Gasteiger partial charge in [-0.15, -0.1) is 0 Å². The van der Waals surface area contributed by atoms with E-state index in [1.807, 2.05) is 0 Å². The van der Waals surface area contributed by atoms with Gasteiger partial charge in [0.25, 0.3) is 0 Å². The minimum atomic E-state index is -4.41. The van der Waals surface area contributed by atoms with E-state index in [9.17, 15) is 13.2 Å². The smallest absolute Gasteiger partial charge is 0.416 e. The monoisotopic (exact) mass is 299 g/mol. The third kappa shape index (κ3) is 3.46. The summed E-state index contributed by atoms with van der Waals surface area (Å²) in [5.41, 5.74) is -0.542. The highest BCUT2D eigenvalue weighted by molar-refractivity contribution is 5.36. The first-order chi connectivity index (χ1) is 9.97. The predicted octanol–water partition coefficient (Wildman–Crippen LogP) is 3.75. The van der Waals surface area contributed by atoms with Crippen molar-refractivity contribution in [3.05, 3.63) is 59.0 Å². The van der Waals surface area contributed by atoms with E-state index in [1.54, 1.807) is 25.2 Å². The van der Waals surface area contributed by atoms with E-state index in [0.29, 0.717) is 11.5 Å². The molecule has 0 fully saturated rings. The molecule has 114 valence electrons. The number of halogens is 3. The quantitative estimate of drug-likeness (QED) is 0.913. The van der Waals surface area contributed by atoms with Gasteiger partial charge < -0.3 is 14.5 Å². The second-order valence-electron chi connectivity index (χ2n) is 4.54. The summed E-state index contributed by atoms with van der Waals surface area (Å²) in [7, 11) is 3.12. The summed E-state index contributed by atoms with van der Waals surface area (Å²) in [6, 6.07) is 8.14. The molecule has 0 aliphatic carbocycles. The minimum absolute atomic E-state index is 0.130. The molecule has 0 bridgehead atoms. The first-order valence-electron chi connectivity index (χ1n) is 6.38. The lowest BCUT2D eigenvalue weighted by Crippen LogP contribution is -2.21. The zero-order chi connectivity index (χ0) is 15.5. The molecule has 3 nitrogen and oxygen atoms in total. The van der Waals surface area contributed by atoms with Gasteiger partial charge >= 0.3 is 6.18 Å². The molecule has 0 amide bonds. The van der Waals surface area contributed by atoms with Crippen LogP contribution in [-0.4, -0.2) is 14.2 Å². The van der Waals surface area contributed by atoms with Crippen LogP contribution in [0.25, 0.3) is 0 Å². The van der Waals surface area contributed by atoms with Crippen LogP contribution in [0.1, 0.15) is 28.7 Å². The van der Waals surface area contributed by atoms with Gasteiger partial charge in [0.2, 0.25) is 0 Å². The summed E-state index contributed by atoms with van der Waals surface area (Å²) in [6.07, 6.45) is -4.41. The van der Waals surface area contributed by atoms with E-state index in [0.717, 1.165) is 6.07 Å². The topological polar surface area (TPSA) is 34.4 Å². The lowest BCUT2D eigenvalue weighted by atomic mass is 9.98. The van der Waals surface area contributed by atoms with Crippen LogP contribution in [0.4, 0.5) is 13.2 Å². The van der Waals surface area contributed by atoms with Gasteiger partial charge in [-0.2, -0.15) is 13.2 Å². The Morgan fingerprint density at radius 2 is 1.90 bits per heavy atom. The number of rotatable bonds is 5. The van der Waals surface area contributed by atoms with Crippen LogP contribution in [0.15, 0.2) is 40.8 Å². The Bertz CT molecular complexity index is 593. The second-order valence-corrected chi connectivity index (χ2v) is 4.54. The molecule has 1 aromatic heterocycles. The predicted molar refractivity (Wildman–Crippen MR) is 71.8 cm³/mol. The Kier molecular flexibility index (Phi) is 4.69. The molecule has 0 saturated heterocycles. The first-order valence-corrected chi connectivity index (χ1v) is 6.38. The van der Waals surface area contributed by atoms with Crippen LogP contribution < -0.4 is 5.32 Å². The molecule has 6 heteroatoms. The maximum Gasteiger partial charge on any atom is 0.416 e. The normalized spacial score (nSPS) is 13.4. The third-order valence-electron chi connectivity index (χ3n) is 3.12. The van der Waals surface area contributed by atoms with Gasteiger partial charge in [-0.25, -0.2) is 0 Å². The van der Waals surface area contributed by atoms with E-state index in [4.69, 9.17) is 9.15 Å². The fourth-order valence-corrected chi connectivity index (χ4v) is 2.23. The molecule has 1 heterocycles. The summed E-state index contributed by atoms with van der Waals surface area (Å²) >= 11 is 0. The maximum atomic E-state index is 13.1. The standard InChI is InChI=1S/C15H16F3NO2/c1-19-14(13-8-7-10(21-13)9-20-2)11-5-3-4-6-12(11)15(16,17)18/h3-8,14,19H,9H2,1-2H3. The minimum Gasteiger partial charge on any atom is -0.462 e. The van der Waals surface area contributed by atoms with Crippen LogP contribution in [-0.2, 0) is 17.5 Å². The fraction of sp³-hybridized carbons (Fsp3) is 0.333. The van der Waals surface area contributed by atoms with Crippen molar-refractivity contribution in [1.82, 2.24) is 5.32 Å². The van der Waals surface area contributed by atoms with Crippen LogP contribution in [0.3, 0.4) is 0 Å². The Morgan fingerprint density at radius 1 is 1.19 bits per heavy atom. The highest BCUT2D eigenvalue weighted by Crippen LogP contribution is 2.36. The molecule has 0 spiro atoms. The van der Waals surface area contributed by atoms with E-state index in [2.05, 4.69) is 5.32 Å². The molecule has 1 unspecified atom stereocenters. The largest absolute Gasteiger partial charge is 0.462 e. The van der Waals surface area contributed by atoms with Crippen molar-refractivity contribution in [3.8, 4) is 0 Å². The molecule has 0 radical (unpaired) electrons. The zero-order valence-corrected chi connectivity index (χ0v) is 11.7. The number of benzene rings is 1. The van der Waals surface area contributed by atoms with Crippen molar-refractivity contribution in [1.29, 1.82) is 0 Å². The van der Waals surface area contributed by atoms with E-state index < -0.39 is 17.8 Å². The van der Waals surface area contributed by atoms with Crippen LogP contribution >= 0.6 is 0 Å². The number of nitrogens with one attached hydrogen (secondary N) is 1. The summed E-state index contributed by atoms with van der Waals surface area (Å²) in [5.74, 6) is 0.985. The Labute approximate surface area is 120 Å². The van der Waals surface area contributed by atoms with Gasteiger partial charge in [-0.05, 0) is 30.8 Å². The Balaban J connectivity index is 2.41. The van der Waals surface area contributed by atoms with E-state index in [1.165, 1.54) is 19.2 Å². The first kappa shape index (κ1) is 15.6. The molecular formula is C15H16F3NO2. The summed E-state index contributed by atoms with van der Waals surface area (Å²) < 4.78 is 49.8. The second kappa shape index (κ2) is 6.32. The van der Waals surface area contributed by atoms with Crippen molar-refractivity contribution < 1.29 is 22.3 Å². The van der Waals surface area contributed by atoms with Crippen molar-refractivity contribution in [2.24, 2.45) is 0 Å². The summed E-state index contributed by atoms with van der Waals surface area (Å²) in [4.78, 5) is 0. The average Bonchev–Trinajstić information content (AvgIpc) is 2.88. The van der Waals surface area contributed by atoms with Crippen LogP contribution in [0.5, 0.6) is 0 Å². The number of methoxy groups -OCH3 is 1. The van der Waals surface area contributed by atoms with Crippen molar-refractivity contribution in [2.75, 3.05) is 14.2 Å². The molecule has 1 N–H and O–H groups in total. The van der Waals surface area contributed by atoms with E-state index >= 15 is 0 Å². The number of alkyl halides is 3. The maximum absolute atomic E-state index is 13.1. The summed E-state index contributed by atoms with van der Waals surface area (Å²) in [6.45, 7) is 0.275. The van der Waals surface area contributed by atoms with E-state index in [-0.39, 0.29) is 12.2 Å². The average molecular weight is 299 g/mol. The molecule has 0 aliphatic heterocycles. The highest BCUT2D eigenvalue weighted by Gasteiger charge is 2.35. The Morgan fingerprint density at radius 3 is 2.52 bits per heavy atom. The van der Waals surface area contributed by atoms with Crippen molar-refractivity contribution in [2.45, 2.75) is 18.8 Å². The van der Waals surface area contributed by atoms with Gasteiger partial charge in [0.15, 0.2) is 0 Å². The van der Waals surface area contributed by atoms with Crippen molar-refractivity contribution >= 4 is 0 Å². The molecule has 2 aromatic rings. The SMILES string of the molecule is CNC(c1ccc(COC)o1)c1ccccc1C(F)(F)F. The van der Waals surface area contributed by atoms with Gasteiger partial charge in [0, 0.05) is 7.11 Å². The molecule has 21 heavy (non-hydrogen) atoms. The molecule has 0 saturated carbocycles. The lowest BCUT2D eigenvalue weighted by molar-refractivity contribution is -0.138. The Hall–Kier alpha value is -1.79. The number of furan rings is 1. The van der Waals surface area contributed by atoms with Crippen LogP contribution in [0, 0.1) is 0 Å². The number of ether oxygens (including phenoxy) is 1. The fourth-order valence-electron chi connectivity index (χ4n) is 2.23. The van der Waals surface area contributed by atoms with Crippen molar-refractivity contribution in [3.63, 3.8) is 0 Å². The molecule has 1 aromatic carbocycles. The molecule has 1 atom stereocenters. The zero-order valence-electron chi connectivity index (χ0n) is 11.7. The van der Waals surface area contributed by atoms with Crippen LogP contribution in [0.2, 0.25) is 0 Å². The van der Waals surface area contributed by atoms with Gasteiger partial charge in [-0.1, -0.05) is 18.2 Å². The number of hydrogen-bond acceptors (Lipinski definition) is 3. The lowest BCUT2D eigenvalue weighted by Gasteiger charge is -2.19.